The van der Waals surface area contributed by atoms with E-state index in [1.807, 2.05) is 0 Å². The number of nitrogens with one attached hydrogen (secondary N) is 1. The molecule has 2 rings (SSSR count). The second-order valence-electron chi connectivity index (χ2n) is 5.12. The zero-order chi connectivity index (χ0) is 14.7. The van der Waals surface area contributed by atoms with Crippen molar-refractivity contribution in [2.75, 3.05) is 12.4 Å². The average Bonchev–Trinajstić information content (AvgIpc) is 2.82. The number of hydrogen-bond donors (Lipinski definition) is 1. The number of methoxy groups -OCH3 is 1. The van der Waals surface area contributed by atoms with Crippen molar-refractivity contribution >= 4 is 28.2 Å². The maximum absolute atomic E-state index is 12.0. The summed E-state index contributed by atoms with van der Waals surface area (Å²) >= 11 is 1.54. The normalized spacial score (nSPS) is 17.4. The van der Waals surface area contributed by atoms with E-state index >= 15 is 0 Å². The van der Waals surface area contributed by atoms with E-state index in [-0.39, 0.29) is 11.9 Å². The highest BCUT2D eigenvalue weighted by molar-refractivity contribution is 7.17. The third kappa shape index (κ3) is 2.87. The fraction of sp³-hybridized carbons (Fsp3) is 0.600. The van der Waals surface area contributed by atoms with Gasteiger partial charge in [0.25, 0.3) is 0 Å². The molecule has 0 fully saturated rings. The highest BCUT2D eigenvalue weighted by Gasteiger charge is 2.29. The Morgan fingerprint density at radius 3 is 2.75 bits per heavy atom. The molecule has 0 bridgehead atoms. The zero-order valence-corrected chi connectivity index (χ0v) is 13.1. The van der Waals surface area contributed by atoms with Gasteiger partial charge in [0.15, 0.2) is 0 Å². The Kier molecular flexibility index (Phi) is 4.81. The minimum absolute atomic E-state index is 0.0687. The van der Waals surface area contributed by atoms with Crippen molar-refractivity contribution in [2.45, 2.75) is 46.0 Å². The van der Waals surface area contributed by atoms with Crippen molar-refractivity contribution in [2.24, 2.45) is 5.92 Å². The molecule has 0 saturated heterocycles. The number of amides is 1. The lowest BCUT2D eigenvalue weighted by Crippen LogP contribution is -2.16. The molecule has 1 atom stereocenters. The molecule has 1 amide bonds. The van der Waals surface area contributed by atoms with Crippen LogP contribution in [0.1, 0.15) is 53.9 Å². The molecular formula is C15H21NO3S. The van der Waals surface area contributed by atoms with Gasteiger partial charge in [-0.25, -0.2) is 4.79 Å². The number of fused-ring (bicyclic) bond motifs is 1. The van der Waals surface area contributed by atoms with E-state index < -0.39 is 0 Å². The van der Waals surface area contributed by atoms with Gasteiger partial charge in [-0.1, -0.05) is 20.3 Å². The molecule has 1 aromatic heterocycles. The van der Waals surface area contributed by atoms with Crippen molar-refractivity contribution in [1.29, 1.82) is 0 Å². The number of ether oxygens (including phenoxy) is 1. The number of hydrogen-bond acceptors (Lipinski definition) is 4. The lowest BCUT2D eigenvalue weighted by atomic mass is 9.86. The molecule has 4 nitrogen and oxygen atoms in total. The van der Waals surface area contributed by atoms with Gasteiger partial charge in [0.1, 0.15) is 5.00 Å². The van der Waals surface area contributed by atoms with Crippen LogP contribution in [0.2, 0.25) is 0 Å². The van der Waals surface area contributed by atoms with Gasteiger partial charge in [0, 0.05) is 11.3 Å². The lowest BCUT2D eigenvalue weighted by Gasteiger charge is -2.20. The molecule has 20 heavy (non-hydrogen) atoms. The van der Waals surface area contributed by atoms with Crippen LogP contribution in [-0.4, -0.2) is 19.0 Å². The summed E-state index contributed by atoms with van der Waals surface area (Å²) in [5.41, 5.74) is 1.65. The van der Waals surface area contributed by atoms with E-state index in [0.29, 0.717) is 22.9 Å². The van der Waals surface area contributed by atoms with Crippen LogP contribution in [0.4, 0.5) is 5.00 Å². The Morgan fingerprint density at radius 1 is 1.40 bits per heavy atom. The predicted molar refractivity (Wildman–Crippen MR) is 80.4 cm³/mol. The molecular weight excluding hydrogens is 274 g/mol. The van der Waals surface area contributed by atoms with Crippen LogP contribution >= 0.6 is 11.3 Å². The summed E-state index contributed by atoms with van der Waals surface area (Å²) in [6.45, 7) is 4.00. The van der Waals surface area contributed by atoms with Crippen LogP contribution < -0.4 is 5.32 Å². The van der Waals surface area contributed by atoms with E-state index in [9.17, 15) is 9.59 Å². The molecule has 110 valence electrons. The number of anilines is 1. The zero-order valence-electron chi connectivity index (χ0n) is 12.2. The molecule has 0 radical (unpaired) electrons. The molecule has 0 saturated carbocycles. The number of carbonyl (C=O) groups excluding carboxylic acids is 2. The Morgan fingerprint density at radius 2 is 2.15 bits per heavy atom. The Hall–Kier alpha value is -1.36. The van der Waals surface area contributed by atoms with Crippen LogP contribution in [-0.2, 0) is 22.4 Å². The monoisotopic (exact) mass is 295 g/mol. The maximum Gasteiger partial charge on any atom is 0.341 e. The first-order chi connectivity index (χ1) is 9.60. The first-order valence-electron chi connectivity index (χ1n) is 7.13. The second kappa shape index (κ2) is 6.39. The molecule has 0 unspecified atom stereocenters. The Labute approximate surface area is 123 Å². The van der Waals surface area contributed by atoms with E-state index in [2.05, 4.69) is 12.2 Å². The molecule has 0 aromatic carbocycles. The third-order valence-corrected chi connectivity index (χ3v) is 5.08. The van der Waals surface area contributed by atoms with E-state index in [4.69, 9.17) is 4.74 Å². The topological polar surface area (TPSA) is 55.4 Å². The van der Waals surface area contributed by atoms with Gasteiger partial charge >= 0.3 is 5.97 Å². The maximum atomic E-state index is 12.0. The van der Waals surface area contributed by atoms with Crippen molar-refractivity contribution in [3.05, 3.63) is 16.0 Å². The van der Waals surface area contributed by atoms with Crippen LogP contribution in [0.5, 0.6) is 0 Å². The molecule has 0 spiro atoms. The number of carbonyl (C=O) groups is 2. The summed E-state index contributed by atoms with van der Waals surface area (Å²) < 4.78 is 4.89. The Bertz CT molecular complexity index is 521. The fourth-order valence-electron chi connectivity index (χ4n) is 2.62. The van der Waals surface area contributed by atoms with Gasteiger partial charge in [0.2, 0.25) is 5.91 Å². The summed E-state index contributed by atoms with van der Waals surface area (Å²) in [6, 6.07) is 0. The standard InChI is InChI=1S/C15H21NO3S/c1-4-9-6-7-10-11(8-9)20-14(16-12(17)5-2)13(10)15(18)19-3/h9H,4-8H2,1-3H3,(H,16,17)/t9-/m1/s1. The predicted octanol–water partition coefficient (Wildman–Crippen LogP) is 3.40. The first kappa shape index (κ1) is 15.0. The minimum atomic E-state index is -0.344. The number of rotatable bonds is 4. The fourth-order valence-corrected chi connectivity index (χ4v) is 3.99. The SMILES string of the molecule is CCC(=O)Nc1sc2c(c1C(=O)OC)CC[C@@H](CC)C2. The summed E-state index contributed by atoms with van der Waals surface area (Å²) in [4.78, 5) is 24.9. The van der Waals surface area contributed by atoms with E-state index in [1.54, 1.807) is 6.92 Å². The van der Waals surface area contributed by atoms with Gasteiger partial charge in [-0.15, -0.1) is 11.3 Å². The third-order valence-electron chi connectivity index (χ3n) is 3.91. The molecule has 0 aliphatic heterocycles. The van der Waals surface area contributed by atoms with Crippen molar-refractivity contribution in [3.63, 3.8) is 0 Å². The van der Waals surface area contributed by atoms with Gasteiger partial charge in [-0.05, 0) is 30.7 Å². The summed E-state index contributed by atoms with van der Waals surface area (Å²) in [5.74, 6) is 0.269. The molecule has 5 heteroatoms. The quantitative estimate of drug-likeness (QED) is 0.866. The Balaban J connectivity index is 2.38. The molecule has 1 aromatic rings. The highest BCUT2D eigenvalue weighted by Crippen LogP contribution is 2.40. The van der Waals surface area contributed by atoms with Crippen molar-refractivity contribution in [1.82, 2.24) is 0 Å². The number of esters is 1. The van der Waals surface area contributed by atoms with Gasteiger partial charge < -0.3 is 10.1 Å². The van der Waals surface area contributed by atoms with Gasteiger partial charge in [0.05, 0.1) is 12.7 Å². The van der Waals surface area contributed by atoms with Crippen LogP contribution in [0, 0.1) is 5.92 Å². The van der Waals surface area contributed by atoms with Gasteiger partial charge in [-0.2, -0.15) is 0 Å². The van der Waals surface area contributed by atoms with E-state index in [0.717, 1.165) is 31.2 Å². The highest BCUT2D eigenvalue weighted by atomic mass is 32.1. The largest absolute Gasteiger partial charge is 0.465 e. The number of thiophene rings is 1. The van der Waals surface area contributed by atoms with Gasteiger partial charge in [-0.3, -0.25) is 4.79 Å². The lowest BCUT2D eigenvalue weighted by molar-refractivity contribution is -0.115. The molecule has 1 N–H and O–H groups in total. The van der Waals surface area contributed by atoms with Crippen molar-refractivity contribution < 1.29 is 14.3 Å². The molecule has 1 heterocycles. The summed E-state index contributed by atoms with van der Waals surface area (Å²) in [7, 11) is 1.38. The van der Waals surface area contributed by atoms with Crippen LogP contribution in [0.25, 0.3) is 0 Å². The van der Waals surface area contributed by atoms with Crippen LogP contribution in [0.3, 0.4) is 0 Å². The first-order valence-corrected chi connectivity index (χ1v) is 7.94. The van der Waals surface area contributed by atoms with Crippen molar-refractivity contribution in [3.8, 4) is 0 Å². The van der Waals surface area contributed by atoms with Crippen LogP contribution in [0.15, 0.2) is 0 Å². The second-order valence-corrected chi connectivity index (χ2v) is 6.22. The molecule has 1 aliphatic carbocycles. The smallest absolute Gasteiger partial charge is 0.341 e. The molecule has 1 aliphatic rings. The minimum Gasteiger partial charge on any atom is -0.465 e. The average molecular weight is 295 g/mol. The summed E-state index contributed by atoms with van der Waals surface area (Å²) in [6.07, 6.45) is 4.56. The summed E-state index contributed by atoms with van der Waals surface area (Å²) in [5, 5.41) is 3.50. The van der Waals surface area contributed by atoms with E-state index in [1.165, 1.54) is 23.3 Å².